The number of rotatable bonds is 3. The summed E-state index contributed by atoms with van der Waals surface area (Å²) in [7, 11) is 0. The lowest BCUT2D eigenvalue weighted by Gasteiger charge is -2.29. The van der Waals surface area contributed by atoms with Crippen molar-refractivity contribution in [3.8, 4) is 0 Å². The monoisotopic (exact) mass is 622 g/mol. The standard InChI is InChI=1S/C32H42N6O7/c33-30(41)26-13-14-34-28(39)8-4-15-44-20-36-24-11-9-21(10-12-24)31(42)38-27(18-25-7-3-16-45-25)32(43)35-19-23-6-2-1-5-22(23)17-29(40)37-26/h1-8,16,21,24,26-27,36H,9-15,17-20H2,(H2,33,41)(H,34,39)(H,35,43)(H,37,40)(H,38,42)/b8-4-/t21-,24+,26-,27-/m0/s1. The van der Waals surface area contributed by atoms with Gasteiger partial charge in [-0.3, -0.25) is 29.3 Å². The molecule has 1 fully saturated rings. The van der Waals surface area contributed by atoms with Crippen LogP contribution in [0.1, 0.15) is 49.0 Å². The van der Waals surface area contributed by atoms with E-state index in [-0.39, 0.29) is 68.6 Å². The first-order chi connectivity index (χ1) is 21.8. The third kappa shape index (κ3) is 10.9. The van der Waals surface area contributed by atoms with Gasteiger partial charge in [0.2, 0.25) is 29.5 Å². The number of ether oxygens (including phenoxy) is 1. The molecule has 1 saturated carbocycles. The zero-order chi connectivity index (χ0) is 32.0. The van der Waals surface area contributed by atoms with Crippen molar-refractivity contribution in [1.29, 1.82) is 0 Å². The van der Waals surface area contributed by atoms with Crippen LogP contribution in [0.15, 0.2) is 59.2 Å². The smallest absolute Gasteiger partial charge is 0.243 e. The highest BCUT2D eigenvalue weighted by atomic mass is 16.5. The van der Waals surface area contributed by atoms with Crippen LogP contribution < -0.4 is 32.3 Å². The minimum absolute atomic E-state index is 0.0605. The van der Waals surface area contributed by atoms with Crippen LogP contribution in [0.3, 0.4) is 0 Å². The van der Waals surface area contributed by atoms with Crippen molar-refractivity contribution in [3.05, 3.63) is 71.7 Å². The van der Waals surface area contributed by atoms with Crippen molar-refractivity contribution in [2.75, 3.05) is 19.9 Å². The third-order valence-corrected chi connectivity index (χ3v) is 8.01. The molecule has 2 aromatic rings. The van der Waals surface area contributed by atoms with Crippen molar-refractivity contribution in [3.63, 3.8) is 0 Å². The van der Waals surface area contributed by atoms with Gasteiger partial charge >= 0.3 is 0 Å². The molecule has 13 heteroatoms. The molecule has 7 N–H and O–H groups in total. The molecule has 5 rings (SSSR count). The number of nitrogens with two attached hydrogens (primary N) is 1. The van der Waals surface area contributed by atoms with Gasteiger partial charge in [-0.25, -0.2) is 0 Å². The number of amides is 5. The molecule has 0 radical (unpaired) electrons. The summed E-state index contributed by atoms with van der Waals surface area (Å²) in [6.45, 7) is 0.756. The lowest BCUT2D eigenvalue weighted by molar-refractivity contribution is -0.132. The van der Waals surface area contributed by atoms with Crippen molar-refractivity contribution in [2.45, 2.75) is 69.6 Å². The average molecular weight is 623 g/mol. The summed E-state index contributed by atoms with van der Waals surface area (Å²) in [6.07, 6.45) is 7.60. The van der Waals surface area contributed by atoms with Crippen LogP contribution in [0, 0.1) is 5.92 Å². The molecule has 2 aliphatic heterocycles. The van der Waals surface area contributed by atoms with Crippen LogP contribution in [0.4, 0.5) is 0 Å². The molecule has 0 spiro atoms. The van der Waals surface area contributed by atoms with Crippen molar-refractivity contribution in [2.24, 2.45) is 11.7 Å². The summed E-state index contributed by atoms with van der Waals surface area (Å²) in [6, 6.07) is 8.97. The molecular weight excluding hydrogens is 580 g/mol. The molecule has 1 aromatic carbocycles. The van der Waals surface area contributed by atoms with E-state index in [9.17, 15) is 24.0 Å². The van der Waals surface area contributed by atoms with Crippen molar-refractivity contribution < 1.29 is 33.1 Å². The van der Waals surface area contributed by atoms with E-state index in [0.717, 1.165) is 12.8 Å². The summed E-state index contributed by atoms with van der Waals surface area (Å²) in [4.78, 5) is 63.7. The summed E-state index contributed by atoms with van der Waals surface area (Å²) in [5, 5.41) is 14.5. The lowest BCUT2D eigenvalue weighted by atomic mass is 9.85. The maximum Gasteiger partial charge on any atom is 0.243 e. The van der Waals surface area contributed by atoms with E-state index in [1.807, 2.05) is 0 Å². The Morgan fingerprint density at radius 2 is 1.67 bits per heavy atom. The molecule has 13 nitrogen and oxygen atoms in total. The molecular formula is C32H42N6O7. The highest BCUT2D eigenvalue weighted by Crippen LogP contribution is 2.25. The van der Waals surface area contributed by atoms with E-state index < -0.39 is 23.9 Å². The zero-order valence-corrected chi connectivity index (χ0v) is 25.2. The second kappa shape index (κ2) is 17.1. The molecule has 0 saturated heterocycles. The van der Waals surface area contributed by atoms with Crippen molar-refractivity contribution in [1.82, 2.24) is 26.6 Å². The topological polar surface area (TPSA) is 194 Å². The van der Waals surface area contributed by atoms with E-state index in [4.69, 9.17) is 14.9 Å². The summed E-state index contributed by atoms with van der Waals surface area (Å²) < 4.78 is 11.0. The van der Waals surface area contributed by atoms with E-state index in [1.165, 1.54) is 12.3 Å². The number of fused-ring (bicyclic) bond motifs is 19. The molecule has 3 aliphatic rings. The summed E-state index contributed by atoms with van der Waals surface area (Å²) >= 11 is 0. The Hall–Kier alpha value is -4.49. The maximum absolute atomic E-state index is 13.4. The molecule has 45 heavy (non-hydrogen) atoms. The number of hydrogen-bond donors (Lipinski definition) is 6. The van der Waals surface area contributed by atoms with Gasteiger partial charge in [-0.15, -0.1) is 0 Å². The predicted molar refractivity (Wildman–Crippen MR) is 164 cm³/mol. The van der Waals surface area contributed by atoms with E-state index in [0.29, 0.717) is 36.5 Å². The Morgan fingerprint density at radius 1 is 0.889 bits per heavy atom. The first-order valence-corrected chi connectivity index (χ1v) is 15.3. The number of furan rings is 1. The maximum atomic E-state index is 13.4. The van der Waals surface area contributed by atoms with Gasteiger partial charge in [-0.05, 0) is 55.4 Å². The third-order valence-electron chi connectivity index (χ3n) is 8.01. The quantitative estimate of drug-likeness (QED) is 0.282. The predicted octanol–water partition coefficient (Wildman–Crippen LogP) is 0.335. The minimum atomic E-state index is -0.983. The van der Waals surface area contributed by atoms with Crippen LogP contribution in [0.5, 0.6) is 0 Å². The summed E-state index contributed by atoms with van der Waals surface area (Å²) in [5.41, 5.74) is 6.86. The highest BCUT2D eigenvalue weighted by Gasteiger charge is 2.30. The van der Waals surface area contributed by atoms with Gasteiger partial charge in [0.25, 0.3) is 0 Å². The van der Waals surface area contributed by atoms with E-state index >= 15 is 0 Å². The molecule has 2 bridgehead atoms. The van der Waals surface area contributed by atoms with Crippen LogP contribution in [-0.4, -0.2) is 67.5 Å². The number of carbonyl (C=O) groups is 5. The van der Waals surface area contributed by atoms with Crippen LogP contribution in [-0.2, 0) is 48.1 Å². The molecule has 1 aliphatic carbocycles. The van der Waals surface area contributed by atoms with Gasteiger partial charge in [0.15, 0.2) is 0 Å². The number of benzene rings is 1. The molecule has 242 valence electrons. The second-order valence-corrected chi connectivity index (χ2v) is 11.3. The average Bonchev–Trinajstić information content (AvgIpc) is 3.54. The van der Waals surface area contributed by atoms with Crippen LogP contribution >= 0.6 is 0 Å². The SMILES string of the molecule is NC(=O)[C@@H]1CCNC(=O)/C=C\COCN[C@H]2CC[C@H](CC2)C(=O)N[C@@H](Cc2ccco2)C(=O)NCc2ccccc2CC(=O)N1. The first-order valence-electron chi connectivity index (χ1n) is 15.3. The number of hydrogen-bond acceptors (Lipinski definition) is 8. The van der Waals surface area contributed by atoms with Gasteiger partial charge in [-0.1, -0.05) is 30.3 Å². The normalized spacial score (nSPS) is 25.6. The van der Waals surface area contributed by atoms with Gasteiger partial charge < -0.3 is 36.2 Å². The molecule has 5 amide bonds. The Bertz CT molecular complexity index is 1340. The Labute approximate surface area is 262 Å². The van der Waals surface area contributed by atoms with Gasteiger partial charge in [0.05, 0.1) is 26.0 Å². The highest BCUT2D eigenvalue weighted by molar-refractivity contribution is 5.90. The number of nitrogens with one attached hydrogen (secondary N) is 5. The van der Waals surface area contributed by atoms with Gasteiger partial charge in [0, 0.05) is 37.5 Å². The molecule has 1 aromatic heterocycles. The Balaban J connectivity index is 1.47. The fourth-order valence-corrected chi connectivity index (χ4v) is 5.46. The van der Waals surface area contributed by atoms with Gasteiger partial charge in [-0.2, -0.15) is 0 Å². The Kier molecular flexibility index (Phi) is 12.7. The molecule has 3 heterocycles. The number of carbonyl (C=O) groups excluding carboxylic acids is 5. The van der Waals surface area contributed by atoms with E-state index in [1.54, 1.807) is 42.5 Å². The first kappa shape index (κ1) is 33.4. The van der Waals surface area contributed by atoms with Gasteiger partial charge in [0.1, 0.15) is 17.8 Å². The Morgan fingerprint density at radius 3 is 2.40 bits per heavy atom. The lowest BCUT2D eigenvalue weighted by Crippen LogP contribution is -2.50. The van der Waals surface area contributed by atoms with Crippen LogP contribution in [0.25, 0.3) is 0 Å². The van der Waals surface area contributed by atoms with E-state index in [2.05, 4.69) is 26.6 Å². The molecule has 2 atom stereocenters. The van der Waals surface area contributed by atoms with Crippen molar-refractivity contribution >= 4 is 29.5 Å². The number of primary amides is 1. The minimum Gasteiger partial charge on any atom is -0.469 e. The fraction of sp³-hybridized carbons (Fsp3) is 0.469. The zero-order valence-electron chi connectivity index (χ0n) is 25.2. The largest absolute Gasteiger partial charge is 0.469 e. The fourth-order valence-electron chi connectivity index (χ4n) is 5.46. The second-order valence-electron chi connectivity index (χ2n) is 11.3. The molecule has 0 unspecified atom stereocenters. The van der Waals surface area contributed by atoms with Crippen LogP contribution in [0.2, 0.25) is 0 Å². The summed E-state index contributed by atoms with van der Waals surface area (Å²) in [5.74, 6) is -1.73.